The summed E-state index contributed by atoms with van der Waals surface area (Å²) in [5.74, 6) is -1.62. The summed E-state index contributed by atoms with van der Waals surface area (Å²) >= 11 is 0. The van der Waals surface area contributed by atoms with Gasteiger partial charge in [-0.05, 0) is 12.1 Å². The number of benzene rings is 1. The van der Waals surface area contributed by atoms with Crippen molar-refractivity contribution in [3.05, 3.63) is 35.8 Å². The zero-order valence-corrected chi connectivity index (χ0v) is 12.5. The molecule has 124 valence electrons. The molecule has 0 radical (unpaired) electrons. The van der Waals surface area contributed by atoms with Crippen molar-refractivity contribution in [1.82, 2.24) is 4.90 Å². The number of aliphatic hydroxyl groups excluding tert-OH is 1. The van der Waals surface area contributed by atoms with Gasteiger partial charge in [0, 0.05) is 24.9 Å². The molecule has 0 saturated heterocycles. The van der Waals surface area contributed by atoms with Crippen LogP contribution in [0.25, 0.3) is 0 Å². The summed E-state index contributed by atoms with van der Waals surface area (Å²) < 4.78 is 23.9. The Kier molecular flexibility index (Phi) is 5.67. The van der Waals surface area contributed by atoms with E-state index in [2.05, 4.69) is 5.32 Å². The first-order valence-electron chi connectivity index (χ1n) is 6.93. The van der Waals surface area contributed by atoms with E-state index in [-0.39, 0.29) is 31.2 Å². The molecule has 1 heterocycles. The van der Waals surface area contributed by atoms with Crippen LogP contribution >= 0.6 is 0 Å². The van der Waals surface area contributed by atoms with Crippen molar-refractivity contribution >= 4 is 17.5 Å². The molecule has 0 fully saturated rings. The highest BCUT2D eigenvalue weighted by atomic mass is 19.1. The van der Waals surface area contributed by atoms with Crippen molar-refractivity contribution in [3.8, 4) is 5.75 Å². The van der Waals surface area contributed by atoms with E-state index in [0.717, 1.165) is 17.0 Å². The highest BCUT2D eigenvalue weighted by Crippen LogP contribution is 2.23. The number of rotatable bonds is 8. The average Bonchev–Trinajstić information content (AvgIpc) is 2.78. The van der Waals surface area contributed by atoms with E-state index in [1.807, 2.05) is 0 Å². The normalized spacial score (nSPS) is 14.2. The largest absolute Gasteiger partial charge is 0.488 e. The first-order valence-corrected chi connectivity index (χ1v) is 6.93. The molecule has 1 aliphatic heterocycles. The number of carbonyl (C=O) groups is 2. The van der Waals surface area contributed by atoms with E-state index in [1.165, 1.54) is 19.2 Å². The van der Waals surface area contributed by atoms with Gasteiger partial charge in [-0.1, -0.05) is 0 Å². The number of anilines is 1. The topological polar surface area (TPSA) is 88.1 Å². The molecule has 7 nitrogen and oxygen atoms in total. The van der Waals surface area contributed by atoms with Crippen molar-refractivity contribution in [2.45, 2.75) is 0 Å². The van der Waals surface area contributed by atoms with Gasteiger partial charge in [-0.25, -0.2) is 4.39 Å². The third-order valence-electron chi connectivity index (χ3n) is 3.09. The number of hydrogen-bond acceptors (Lipinski definition) is 6. The molecule has 2 amide bonds. The molecule has 1 aromatic carbocycles. The third kappa shape index (κ3) is 4.05. The molecule has 2 rings (SSSR count). The molecule has 0 bridgehead atoms. The Balaban J connectivity index is 2.04. The number of methoxy groups -OCH3 is 1. The lowest BCUT2D eigenvalue weighted by Gasteiger charge is -2.14. The van der Waals surface area contributed by atoms with Crippen LogP contribution in [-0.4, -0.2) is 55.3 Å². The van der Waals surface area contributed by atoms with Gasteiger partial charge in [-0.2, -0.15) is 0 Å². The fraction of sp³-hybridized carbons (Fsp3) is 0.333. The summed E-state index contributed by atoms with van der Waals surface area (Å²) in [5, 5.41) is 11.5. The SMILES string of the molecule is COCCOc1ccc(NC2=CC(=O)N(CCO)C2=O)cc1F. The molecule has 8 heteroatoms. The molecule has 0 saturated carbocycles. The lowest BCUT2D eigenvalue weighted by Crippen LogP contribution is -2.34. The van der Waals surface area contributed by atoms with Gasteiger partial charge < -0.3 is 19.9 Å². The Morgan fingerprint density at radius 1 is 1.30 bits per heavy atom. The predicted octanol–water partition coefficient (Wildman–Crippen LogP) is 0.508. The summed E-state index contributed by atoms with van der Waals surface area (Å²) in [6.07, 6.45) is 1.11. The summed E-state index contributed by atoms with van der Waals surface area (Å²) in [6, 6.07) is 4.11. The molecule has 0 aliphatic carbocycles. The number of hydrogen-bond donors (Lipinski definition) is 2. The molecular formula is C15H17FN2O5. The Labute approximate surface area is 132 Å². The number of nitrogens with one attached hydrogen (secondary N) is 1. The van der Waals surface area contributed by atoms with E-state index in [1.54, 1.807) is 0 Å². The number of aliphatic hydroxyl groups is 1. The quantitative estimate of drug-likeness (QED) is 0.535. The molecule has 2 N–H and O–H groups in total. The second kappa shape index (κ2) is 7.70. The Hall–Kier alpha value is -2.45. The van der Waals surface area contributed by atoms with Gasteiger partial charge in [-0.3, -0.25) is 14.5 Å². The second-order valence-electron chi connectivity index (χ2n) is 4.69. The number of nitrogens with zero attached hydrogens (tertiary/aromatic N) is 1. The summed E-state index contributed by atoms with van der Waals surface area (Å²) in [4.78, 5) is 24.5. The van der Waals surface area contributed by atoms with Crippen molar-refractivity contribution < 1.29 is 28.6 Å². The van der Waals surface area contributed by atoms with E-state index in [4.69, 9.17) is 14.6 Å². The van der Waals surface area contributed by atoms with Crippen molar-refractivity contribution in [3.63, 3.8) is 0 Å². The van der Waals surface area contributed by atoms with Crippen LogP contribution in [0.3, 0.4) is 0 Å². The van der Waals surface area contributed by atoms with Crippen LogP contribution in [0.5, 0.6) is 5.75 Å². The van der Waals surface area contributed by atoms with Crippen LogP contribution in [0.2, 0.25) is 0 Å². The van der Waals surface area contributed by atoms with Gasteiger partial charge >= 0.3 is 0 Å². The van der Waals surface area contributed by atoms with E-state index in [0.29, 0.717) is 12.3 Å². The summed E-state index contributed by atoms with van der Waals surface area (Å²) in [7, 11) is 1.51. The van der Waals surface area contributed by atoms with Crippen LogP contribution in [0, 0.1) is 5.82 Å². The van der Waals surface area contributed by atoms with Gasteiger partial charge in [0.15, 0.2) is 11.6 Å². The van der Waals surface area contributed by atoms with Crippen LogP contribution < -0.4 is 10.1 Å². The number of imide groups is 1. The molecule has 0 spiro atoms. The predicted molar refractivity (Wildman–Crippen MR) is 79.3 cm³/mol. The van der Waals surface area contributed by atoms with Crippen LogP contribution in [0.15, 0.2) is 30.0 Å². The van der Waals surface area contributed by atoms with Gasteiger partial charge in [-0.15, -0.1) is 0 Å². The molecule has 0 aromatic heterocycles. The number of amides is 2. The second-order valence-corrected chi connectivity index (χ2v) is 4.69. The average molecular weight is 324 g/mol. The van der Waals surface area contributed by atoms with E-state index in [9.17, 15) is 14.0 Å². The van der Waals surface area contributed by atoms with E-state index < -0.39 is 17.6 Å². The molecule has 23 heavy (non-hydrogen) atoms. The Morgan fingerprint density at radius 3 is 2.74 bits per heavy atom. The third-order valence-corrected chi connectivity index (χ3v) is 3.09. The van der Waals surface area contributed by atoms with E-state index >= 15 is 0 Å². The monoisotopic (exact) mass is 324 g/mol. The van der Waals surface area contributed by atoms with Crippen molar-refractivity contribution in [2.24, 2.45) is 0 Å². The molecule has 0 atom stereocenters. The molecular weight excluding hydrogens is 307 g/mol. The summed E-state index contributed by atoms with van der Waals surface area (Å²) in [5.41, 5.74) is 0.329. The molecule has 1 aliphatic rings. The highest BCUT2D eigenvalue weighted by molar-refractivity contribution is 6.17. The maximum Gasteiger partial charge on any atom is 0.277 e. The first-order chi connectivity index (χ1) is 11.1. The molecule has 1 aromatic rings. The maximum absolute atomic E-state index is 13.9. The fourth-order valence-electron chi connectivity index (χ4n) is 2.00. The zero-order chi connectivity index (χ0) is 16.8. The minimum Gasteiger partial charge on any atom is -0.488 e. The van der Waals surface area contributed by atoms with Gasteiger partial charge in [0.25, 0.3) is 11.8 Å². The first kappa shape index (κ1) is 16.9. The standard InChI is InChI=1S/C15H17FN2O5/c1-22-6-7-23-13-3-2-10(8-11(13)16)17-12-9-14(20)18(4-5-19)15(12)21/h2-3,8-9,17,19H,4-7H2,1H3. The zero-order valence-electron chi connectivity index (χ0n) is 12.5. The van der Waals surface area contributed by atoms with Gasteiger partial charge in [0.05, 0.1) is 19.8 Å². The minimum atomic E-state index is -0.601. The number of β-amino-alcohol motifs (C(OH)–C–C–N with tert-alkyl or cyclic N) is 1. The lowest BCUT2D eigenvalue weighted by atomic mass is 10.2. The van der Waals surface area contributed by atoms with Crippen molar-refractivity contribution in [2.75, 3.05) is 38.8 Å². The number of ether oxygens (including phenoxy) is 2. The Bertz CT molecular complexity index is 632. The fourth-order valence-corrected chi connectivity index (χ4v) is 2.00. The lowest BCUT2D eigenvalue weighted by molar-refractivity contribution is -0.137. The smallest absolute Gasteiger partial charge is 0.277 e. The van der Waals surface area contributed by atoms with Crippen LogP contribution in [0.1, 0.15) is 0 Å². The van der Waals surface area contributed by atoms with Crippen LogP contribution in [0.4, 0.5) is 10.1 Å². The summed E-state index contributed by atoms with van der Waals surface area (Å²) in [6.45, 7) is 0.152. The number of carbonyl (C=O) groups excluding carboxylic acids is 2. The highest BCUT2D eigenvalue weighted by Gasteiger charge is 2.30. The van der Waals surface area contributed by atoms with Crippen molar-refractivity contribution in [1.29, 1.82) is 0 Å². The van der Waals surface area contributed by atoms with Gasteiger partial charge in [0.1, 0.15) is 12.3 Å². The Morgan fingerprint density at radius 2 is 2.09 bits per heavy atom. The van der Waals surface area contributed by atoms with Crippen LogP contribution in [-0.2, 0) is 14.3 Å². The minimum absolute atomic E-state index is 0.0240. The van der Waals surface area contributed by atoms with Gasteiger partial charge in [0.2, 0.25) is 0 Å². The number of halogens is 1. The molecule has 0 unspecified atom stereocenters. The maximum atomic E-state index is 13.9.